The fourth-order valence-corrected chi connectivity index (χ4v) is 3.25. The van der Waals surface area contributed by atoms with E-state index in [4.69, 9.17) is 22.3 Å². The van der Waals surface area contributed by atoms with Crippen LogP contribution < -0.4 is 5.73 Å². The SMILES string of the molecule is Cc1cccc(-c2nc(N)c(Cl)c(-c3cnn(Cc4ccn(C)n4)c3)n2)c1C. The third kappa shape index (κ3) is 3.36. The van der Waals surface area contributed by atoms with Crippen LogP contribution in [-0.2, 0) is 13.6 Å². The number of hydrogen-bond donors (Lipinski definition) is 1. The standard InChI is InChI=1S/C20H20ClN7/c1-12-5-4-6-16(13(12)2)20-24-18(17(21)19(22)25-20)14-9-23-28(10-14)11-15-7-8-27(3)26-15/h4-10H,11H2,1-3H3,(H2,22,24,25). The van der Waals surface area contributed by atoms with E-state index in [1.54, 1.807) is 15.6 Å². The quantitative estimate of drug-likeness (QED) is 0.571. The Kier molecular flexibility index (Phi) is 4.60. The first kappa shape index (κ1) is 18.2. The number of anilines is 1. The van der Waals surface area contributed by atoms with E-state index in [1.807, 2.05) is 44.6 Å². The number of hydrogen-bond acceptors (Lipinski definition) is 5. The summed E-state index contributed by atoms with van der Waals surface area (Å²) in [7, 11) is 1.89. The number of rotatable bonds is 4. The normalized spacial score (nSPS) is 11.1. The molecule has 0 aliphatic carbocycles. The van der Waals surface area contributed by atoms with Gasteiger partial charge < -0.3 is 5.73 Å². The van der Waals surface area contributed by atoms with Crippen molar-refractivity contribution in [1.82, 2.24) is 29.5 Å². The highest BCUT2D eigenvalue weighted by Gasteiger charge is 2.17. The van der Waals surface area contributed by atoms with Gasteiger partial charge in [-0.3, -0.25) is 9.36 Å². The molecule has 142 valence electrons. The van der Waals surface area contributed by atoms with Gasteiger partial charge in [0.05, 0.1) is 24.1 Å². The number of aromatic nitrogens is 6. The largest absolute Gasteiger partial charge is 0.382 e. The van der Waals surface area contributed by atoms with Gasteiger partial charge in [-0.15, -0.1) is 0 Å². The lowest BCUT2D eigenvalue weighted by Crippen LogP contribution is -2.02. The lowest BCUT2D eigenvalue weighted by Gasteiger charge is -2.11. The van der Waals surface area contributed by atoms with E-state index < -0.39 is 0 Å². The Hall–Kier alpha value is -3.19. The first-order valence-corrected chi connectivity index (χ1v) is 9.21. The van der Waals surface area contributed by atoms with Crippen LogP contribution >= 0.6 is 11.6 Å². The lowest BCUT2D eigenvalue weighted by molar-refractivity contribution is 0.650. The van der Waals surface area contributed by atoms with Gasteiger partial charge in [-0.05, 0) is 31.0 Å². The summed E-state index contributed by atoms with van der Waals surface area (Å²) in [6, 6.07) is 7.98. The molecule has 0 fully saturated rings. The highest BCUT2D eigenvalue weighted by atomic mass is 35.5. The summed E-state index contributed by atoms with van der Waals surface area (Å²) in [5, 5.41) is 9.11. The van der Waals surface area contributed by atoms with E-state index in [1.165, 1.54) is 5.56 Å². The van der Waals surface area contributed by atoms with Gasteiger partial charge in [0.15, 0.2) is 5.82 Å². The number of nitrogens with two attached hydrogens (primary N) is 1. The second kappa shape index (κ2) is 7.09. The zero-order valence-corrected chi connectivity index (χ0v) is 16.6. The Morgan fingerprint density at radius 2 is 1.96 bits per heavy atom. The van der Waals surface area contributed by atoms with Crippen molar-refractivity contribution in [3.63, 3.8) is 0 Å². The number of halogens is 1. The Morgan fingerprint density at radius 1 is 1.14 bits per heavy atom. The van der Waals surface area contributed by atoms with Crippen LogP contribution in [-0.4, -0.2) is 29.5 Å². The molecule has 3 heterocycles. The fourth-order valence-electron chi connectivity index (χ4n) is 3.06. The fraction of sp³-hybridized carbons (Fsp3) is 0.200. The summed E-state index contributed by atoms with van der Waals surface area (Å²) in [5.41, 5.74) is 11.6. The van der Waals surface area contributed by atoms with Gasteiger partial charge in [0, 0.05) is 30.6 Å². The Balaban J connectivity index is 1.74. The summed E-state index contributed by atoms with van der Waals surface area (Å²) in [6.45, 7) is 4.66. The number of nitrogen functional groups attached to an aromatic ring is 1. The molecular formula is C20H20ClN7. The van der Waals surface area contributed by atoms with Crippen molar-refractivity contribution >= 4 is 17.4 Å². The predicted molar refractivity (Wildman–Crippen MR) is 110 cm³/mol. The van der Waals surface area contributed by atoms with Crippen LogP contribution in [0, 0.1) is 13.8 Å². The van der Waals surface area contributed by atoms with Crippen molar-refractivity contribution in [3.8, 4) is 22.6 Å². The van der Waals surface area contributed by atoms with Crippen molar-refractivity contribution in [2.75, 3.05) is 5.73 Å². The Morgan fingerprint density at radius 3 is 2.71 bits per heavy atom. The topological polar surface area (TPSA) is 87.4 Å². The molecule has 0 unspecified atom stereocenters. The van der Waals surface area contributed by atoms with Crippen molar-refractivity contribution in [3.05, 3.63) is 64.7 Å². The minimum absolute atomic E-state index is 0.250. The molecule has 0 amide bonds. The summed E-state index contributed by atoms with van der Waals surface area (Å²) >= 11 is 6.43. The molecule has 0 atom stereocenters. The number of nitrogens with zero attached hydrogens (tertiary/aromatic N) is 6. The lowest BCUT2D eigenvalue weighted by atomic mass is 10.0. The Labute approximate surface area is 167 Å². The van der Waals surface area contributed by atoms with Gasteiger partial charge in [0.1, 0.15) is 10.8 Å². The molecule has 0 aliphatic rings. The first-order valence-electron chi connectivity index (χ1n) is 8.83. The second-order valence-electron chi connectivity index (χ2n) is 6.75. The van der Waals surface area contributed by atoms with Gasteiger partial charge in [-0.1, -0.05) is 29.8 Å². The molecule has 4 aromatic rings. The van der Waals surface area contributed by atoms with Gasteiger partial charge in [0.2, 0.25) is 0 Å². The first-order chi connectivity index (χ1) is 13.4. The molecule has 0 saturated heterocycles. The monoisotopic (exact) mass is 393 g/mol. The second-order valence-corrected chi connectivity index (χ2v) is 7.13. The smallest absolute Gasteiger partial charge is 0.162 e. The average molecular weight is 394 g/mol. The third-order valence-electron chi connectivity index (χ3n) is 4.72. The molecule has 0 bridgehead atoms. The summed E-state index contributed by atoms with van der Waals surface area (Å²) in [4.78, 5) is 9.11. The molecule has 1 aromatic carbocycles. The summed E-state index contributed by atoms with van der Waals surface area (Å²) < 4.78 is 3.56. The predicted octanol–water partition coefficient (Wildman–Crippen LogP) is 3.64. The van der Waals surface area contributed by atoms with Gasteiger partial charge >= 0.3 is 0 Å². The van der Waals surface area contributed by atoms with Crippen molar-refractivity contribution in [2.45, 2.75) is 20.4 Å². The molecule has 0 saturated carbocycles. The van der Waals surface area contributed by atoms with E-state index >= 15 is 0 Å². The van der Waals surface area contributed by atoms with E-state index in [0.717, 1.165) is 22.4 Å². The van der Waals surface area contributed by atoms with Gasteiger partial charge in [0.25, 0.3) is 0 Å². The van der Waals surface area contributed by atoms with Crippen LogP contribution in [0.3, 0.4) is 0 Å². The molecule has 0 radical (unpaired) electrons. The van der Waals surface area contributed by atoms with Crippen LogP contribution in [0.25, 0.3) is 22.6 Å². The van der Waals surface area contributed by atoms with Crippen LogP contribution in [0.2, 0.25) is 5.02 Å². The van der Waals surface area contributed by atoms with Gasteiger partial charge in [-0.2, -0.15) is 10.2 Å². The van der Waals surface area contributed by atoms with E-state index in [2.05, 4.69) is 28.2 Å². The maximum atomic E-state index is 6.43. The highest BCUT2D eigenvalue weighted by Crippen LogP contribution is 2.33. The van der Waals surface area contributed by atoms with Crippen LogP contribution in [0.4, 0.5) is 5.82 Å². The highest BCUT2D eigenvalue weighted by molar-refractivity contribution is 6.35. The Bertz CT molecular complexity index is 1160. The van der Waals surface area contributed by atoms with Crippen LogP contribution in [0.1, 0.15) is 16.8 Å². The molecule has 0 aliphatic heterocycles. The molecule has 4 rings (SSSR count). The molecule has 28 heavy (non-hydrogen) atoms. The maximum absolute atomic E-state index is 6.43. The minimum Gasteiger partial charge on any atom is -0.382 e. The third-order valence-corrected chi connectivity index (χ3v) is 5.09. The van der Waals surface area contributed by atoms with Crippen LogP contribution in [0.5, 0.6) is 0 Å². The van der Waals surface area contributed by atoms with Crippen molar-refractivity contribution in [2.24, 2.45) is 7.05 Å². The number of aryl methyl sites for hydroxylation is 2. The molecule has 0 spiro atoms. The summed E-state index contributed by atoms with van der Waals surface area (Å²) in [5.74, 6) is 0.802. The van der Waals surface area contributed by atoms with E-state index in [0.29, 0.717) is 23.1 Å². The molecule has 3 aromatic heterocycles. The zero-order chi connectivity index (χ0) is 19.8. The molecular weight excluding hydrogens is 374 g/mol. The average Bonchev–Trinajstić information content (AvgIpc) is 3.29. The summed E-state index contributed by atoms with van der Waals surface area (Å²) in [6.07, 6.45) is 5.51. The van der Waals surface area contributed by atoms with E-state index in [-0.39, 0.29) is 5.82 Å². The zero-order valence-electron chi connectivity index (χ0n) is 15.9. The molecule has 7 nitrogen and oxygen atoms in total. The molecule has 2 N–H and O–H groups in total. The van der Waals surface area contributed by atoms with Gasteiger partial charge in [-0.25, -0.2) is 9.97 Å². The van der Waals surface area contributed by atoms with E-state index in [9.17, 15) is 0 Å². The maximum Gasteiger partial charge on any atom is 0.162 e. The van der Waals surface area contributed by atoms with Crippen molar-refractivity contribution in [1.29, 1.82) is 0 Å². The minimum atomic E-state index is 0.250. The van der Waals surface area contributed by atoms with Crippen molar-refractivity contribution < 1.29 is 0 Å². The molecule has 8 heteroatoms. The number of benzene rings is 1. The van der Waals surface area contributed by atoms with Crippen LogP contribution in [0.15, 0.2) is 42.9 Å².